The zero-order chi connectivity index (χ0) is 15.5. The molecular formula is C19H20N2O. The first kappa shape index (κ1) is 14.4. The SMILES string of the molecule is Cc1cc2cc(CNC(=O)Cc3ccccc3)ccc2n1C. The molecule has 0 radical (unpaired) electrons. The Morgan fingerprint density at radius 1 is 1.05 bits per heavy atom. The maximum Gasteiger partial charge on any atom is 0.224 e. The van der Waals surface area contributed by atoms with Gasteiger partial charge in [-0.05, 0) is 36.2 Å². The number of rotatable bonds is 4. The number of carbonyl (C=O) groups excluding carboxylic acids is 1. The summed E-state index contributed by atoms with van der Waals surface area (Å²) in [5, 5.41) is 4.21. The van der Waals surface area contributed by atoms with Gasteiger partial charge in [0.15, 0.2) is 0 Å². The van der Waals surface area contributed by atoms with Crippen LogP contribution in [-0.2, 0) is 24.8 Å². The van der Waals surface area contributed by atoms with E-state index in [0.717, 1.165) is 11.1 Å². The molecule has 1 aromatic heterocycles. The molecule has 3 aromatic rings. The van der Waals surface area contributed by atoms with Gasteiger partial charge < -0.3 is 9.88 Å². The average molecular weight is 292 g/mol. The molecule has 0 aliphatic rings. The summed E-state index contributed by atoms with van der Waals surface area (Å²) in [5.41, 5.74) is 4.62. The second kappa shape index (κ2) is 6.06. The topological polar surface area (TPSA) is 34.0 Å². The van der Waals surface area contributed by atoms with Gasteiger partial charge in [0, 0.05) is 30.2 Å². The first-order valence-corrected chi connectivity index (χ1v) is 7.49. The number of benzene rings is 2. The number of carbonyl (C=O) groups is 1. The average Bonchev–Trinajstić information content (AvgIpc) is 2.81. The molecule has 0 fully saturated rings. The summed E-state index contributed by atoms with van der Waals surface area (Å²) in [6.07, 6.45) is 0.424. The normalized spacial score (nSPS) is 10.8. The van der Waals surface area contributed by atoms with E-state index in [-0.39, 0.29) is 5.91 Å². The highest BCUT2D eigenvalue weighted by Crippen LogP contribution is 2.19. The van der Waals surface area contributed by atoms with Gasteiger partial charge >= 0.3 is 0 Å². The van der Waals surface area contributed by atoms with E-state index >= 15 is 0 Å². The Labute approximate surface area is 130 Å². The van der Waals surface area contributed by atoms with E-state index in [9.17, 15) is 4.79 Å². The molecule has 3 nitrogen and oxygen atoms in total. The van der Waals surface area contributed by atoms with Crippen LogP contribution in [0.2, 0.25) is 0 Å². The Kier molecular flexibility index (Phi) is 3.96. The number of amides is 1. The fourth-order valence-electron chi connectivity index (χ4n) is 2.69. The standard InChI is InChI=1S/C19H20N2O/c1-14-10-17-11-16(8-9-18(17)21(14)2)13-20-19(22)12-15-6-4-3-5-7-15/h3-11H,12-13H2,1-2H3,(H,20,22). The van der Waals surface area contributed by atoms with Gasteiger partial charge in [-0.25, -0.2) is 0 Å². The predicted octanol–water partition coefficient (Wildman–Crippen LogP) is 3.35. The van der Waals surface area contributed by atoms with Crippen molar-refractivity contribution in [3.8, 4) is 0 Å². The van der Waals surface area contributed by atoms with Crippen LogP contribution in [0.4, 0.5) is 0 Å². The Balaban J connectivity index is 1.65. The molecule has 0 bridgehead atoms. The second-order valence-electron chi connectivity index (χ2n) is 5.68. The van der Waals surface area contributed by atoms with Crippen molar-refractivity contribution in [3.63, 3.8) is 0 Å². The van der Waals surface area contributed by atoms with Crippen LogP contribution in [0.25, 0.3) is 10.9 Å². The lowest BCUT2D eigenvalue weighted by atomic mass is 10.1. The van der Waals surface area contributed by atoms with Crippen LogP contribution in [-0.4, -0.2) is 10.5 Å². The first-order valence-electron chi connectivity index (χ1n) is 7.49. The molecular weight excluding hydrogens is 272 g/mol. The quantitative estimate of drug-likeness (QED) is 0.786. The van der Waals surface area contributed by atoms with Crippen molar-refractivity contribution >= 4 is 16.8 Å². The van der Waals surface area contributed by atoms with Gasteiger partial charge in [-0.1, -0.05) is 36.4 Å². The van der Waals surface area contributed by atoms with E-state index < -0.39 is 0 Å². The number of aryl methyl sites for hydroxylation is 2. The highest BCUT2D eigenvalue weighted by Gasteiger charge is 2.05. The highest BCUT2D eigenvalue weighted by molar-refractivity contribution is 5.82. The third kappa shape index (κ3) is 3.03. The molecule has 1 N–H and O–H groups in total. The van der Waals surface area contributed by atoms with Crippen LogP contribution in [0.15, 0.2) is 54.6 Å². The summed E-state index contributed by atoms with van der Waals surface area (Å²) >= 11 is 0. The molecule has 1 heterocycles. The van der Waals surface area contributed by atoms with Gasteiger partial charge in [-0.2, -0.15) is 0 Å². The number of aromatic nitrogens is 1. The molecule has 22 heavy (non-hydrogen) atoms. The zero-order valence-electron chi connectivity index (χ0n) is 13.0. The van der Waals surface area contributed by atoms with Crippen LogP contribution < -0.4 is 5.32 Å². The lowest BCUT2D eigenvalue weighted by molar-refractivity contribution is -0.120. The van der Waals surface area contributed by atoms with Crippen molar-refractivity contribution in [1.82, 2.24) is 9.88 Å². The van der Waals surface area contributed by atoms with E-state index in [1.807, 2.05) is 30.3 Å². The lowest BCUT2D eigenvalue weighted by Crippen LogP contribution is -2.24. The molecule has 2 aromatic carbocycles. The van der Waals surface area contributed by atoms with Gasteiger partial charge in [0.25, 0.3) is 0 Å². The molecule has 0 aliphatic carbocycles. The second-order valence-corrected chi connectivity index (χ2v) is 5.68. The van der Waals surface area contributed by atoms with Crippen molar-refractivity contribution in [2.24, 2.45) is 7.05 Å². The minimum atomic E-state index is 0.0514. The van der Waals surface area contributed by atoms with Crippen molar-refractivity contribution in [2.45, 2.75) is 19.9 Å². The number of nitrogens with one attached hydrogen (secondary N) is 1. The number of hydrogen-bond donors (Lipinski definition) is 1. The minimum Gasteiger partial charge on any atom is -0.352 e. The van der Waals surface area contributed by atoms with Gasteiger partial charge in [-0.3, -0.25) is 4.79 Å². The van der Waals surface area contributed by atoms with E-state index in [2.05, 4.69) is 48.1 Å². The first-order chi connectivity index (χ1) is 10.6. The smallest absolute Gasteiger partial charge is 0.224 e. The number of nitrogens with zero attached hydrogens (tertiary/aromatic N) is 1. The zero-order valence-corrected chi connectivity index (χ0v) is 13.0. The van der Waals surface area contributed by atoms with E-state index in [0.29, 0.717) is 13.0 Å². The Morgan fingerprint density at radius 3 is 2.59 bits per heavy atom. The van der Waals surface area contributed by atoms with E-state index in [4.69, 9.17) is 0 Å². The van der Waals surface area contributed by atoms with Crippen molar-refractivity contribution < 1.29 is 4.79 Å². The fraction of sp³-hybridized carbons (Fsp3) is 0.211. The maximum absolute atomic E-state index is 12.0. The summed E-state index contributed by atoms with van der Waals surface area (Å²) < 4.78 is 2.17. The maximum atomic E-state index is 12.0. The third-order valence-corrected chi connectivity index (χ3v) is 4.04. The van der Waals surface area contributed by atoms with Crippen molar-refractivity contribution in [2.75, 3.05) is 0 Å². The van der Waals surface area contributed by atoms with E-state index in [1.54, 1.807) is 0 Å². The molecule has 0 aliphatic heterocycles. The summed E-state index contributed by atoms with van der Waals surface area (Å²) in [6.45, 7) is 2.66. The minimum absolute atomic E-state index is 0.0514. The van der Waals surface area contributed by atoms with Gasteiger partial charge in [0.05, 0.1) is 6.42 Å². The largest absolute Gasteiger partial charge is 0.352 e. The van der Waals surface area contributed by atoms with Crippen molar-refractivity contribution in [3.05, 3.63) is 71.4 Å². The van der Waals surface area contributed by atoms with Crippen LogP contribution in [0.1, 0.15) is 16.8 Å². The molecule has 3 rings (SSSR count). The molecule has 0 saturated carbocycles. The molecule has 112 valence electrons. The molecule has 0 unspecified atom stereocenters. The van der Waals surface area contributed by atoms with Gasteiger partial charge in [0.2, 0.25) is 5.91 Å². The summed E-state index contributed by atoms with van der Waals surface area (Å²) in [5.74, 6) is 0.0514. The summed E-state index contributed by atoms with van der Waals surface area (Å²) in [4.78, 5) is 12.0. The lowest BCUT2D eigenvalue weighted by Gasteiger charge is -2.06. The monoisotopic (exact) mass is 292 g/mol. The third-order valence-electron chi connectivity index (χ3n) is 4.04. The van der Waals surface area contributed by atoms with E-state index in [1.165, 1.54) is 16.6 Å². The van der Waals surface area contributed by atoms with Crippen molar-refractivity contribution in [1.29, 1.82) is 0 Å². The van der Waals surface area contributed by atoms with Gasteiger partial charge in [0.1, 0.15) is 0 Å². The fourth-order valence-corrected chi connectivity index (χ4v) is 2.69. The molecule has 0 atom stereocenters. The van der Waals surface area contributed by atoms with Crippen LogP contribution in [0.3, 0.4) is 0 Å². The predicted molar refractivity (Wildman–Crippen MR) is 89.6 cm³/mol. The van der Waals surface area contributed by atoms with Gasteiger partial charge in [-0.15, -0.1) is 0 Å². The van der Waals surface area contributed by atoms with Crippen LogP contribution in [0, 0.1) is 6.92 Å². The summed E-state index contributed by atoms with van der Waals surface area (Å²) in [7, 11) is 2.07. The highest BCUT2D eigenvalue weighted by atomic mass is 16.1. The molecule has 1 amide bonds. The number of hydrogen-bond acceptors (Lipinski definition) is 1. The Hall–Kier alpha value is -2.55. The molecule has 3 heteroatoms. The Morgan fingerprint density at radius 2 is 1.82 bits per heavy atom. The van der Waals surface area contributed by atoms with Crippen LogP contribution >= 0.6 is 0 Å². The molecule has 0 saturated heterocycles. The molecule has 0 spiro atoms. The number of fused-ring (bicyclic) bond motifs is 1. The van der Waals surface area contributed by atoms with Crippen LogP contribution in [0.5, 0.6) is 0 Å². The Bertz CT molecular complexity index is 803. The summed E-state index contributed by atoms with van der Waals surface area (Å²) in [6, 6.07) is 18.3.